The maximum Gasteiger partial charge on any atom is 0.337 e. The molecule has 3 N–H and O–H groups in total. The summed E-state index contributed by atoms with van der Waals surface area (Å²) in [5, 5.41) is 14.4. The number of halogens is 1. The minimum absolute atomic E-state index is 0.0660. The van der Waals surface area contributed by atoms with E-state index in [-0.39, 0.29) is 16.3 Å². The molecule has 1 aromatic carbocycles. The minimum atomic E-state index is -1.16. The van der Waals surface area contributed by atoms with Crippen LogP contribution in [0.3, 0.4) is 0 Å². The second kappa shape index (κ2) is 6.81. The van der Waals surface area contributed by atoms with Gasteiger partial charge in [-0.25, -0.2) is 9.59 Å². The molecule has 0 fully saturated rings. The number of benzene rings is 1. The van der Waals surface area contributed by atoms with Crippen LogP contribution >= 0.6 is 11.6 Å². The van der Waals surface area contributed by atoms with Crippen LogP contribution in [0, 0.1) is 0 Å². The average Bonchev–Trinajstić information content (AvgIpc) is 2.94. The predicted molar refractivity (Wildman–Crippen MR) is 77.8 cm³/mol. The van der Waals surface area contributed by atoms with Crippen LogP contribution in [-0.2, 0) is 6.42 Å². The summed E-state index contributed by atoms with van der Waals surface area (Å²) >= 11 is 5.74. The third kappa shape index (κ3) is 4.25. The first-order valence-corrected chi connectivity index (χ1v) is 6.54. The molecule has 0 spiro atoms. The third-order valence-electron chi connectivity index (χ3n) is 2.70. The number of amides is 2. The molecular formula is C14H13ClN2O4. The van der Waals surface area contributed by atoms with Gasteiger partial charge in [0.15, 0.2) is 0 Å². The normalized spacial score (nSPS) is 10.1. The Hall–Kier alpha value is -2.47. The van der Waals surface area contributed by atoms with E-state index in [1.807, 2.05) is 0 Å². The molecule has 1 aromatic heterocycles. The number of furan rings is 1. The van der Waals surface area contributed by atoms with Gasteiger partial charge < -0.3 is 20.2 Å². The number of carboxylic acids is 1. The van der Waals surface area contributed by atoms with Crippen molar-refractivity contribution in [3.05, 3.63) is 52.9 Å². The van der Waals surface area contributed by atoms with Crippen molar-refractivity contribution in [2.45, 2.75) is 6.42 Å². The van der Waals surface area contributed by atoms with Gasteiger partial charge in [-0.05, 0) is 30.3 Å². The van der Waals surface area contributed by atoms with Gasteiger partial charge in [-0.1, -0.05) is 11.6 Å². The van der Waals surface area contributed by atoms with E-state index in [2.05, 4.69) is 10.6 Å². The van der Waals surface area contributed by atoms with Crippen LogP contribution in [0.4, 0.5) is 10.5 Å². The molecule has 1 heterocycles. The zero-order chi connectivity index (χ0) is 15.2. The predicted octanol–water partition coefficient (Wildman–Crippen LogP) is 3.00. The van der Waals surface area contributed by atoms with Crippen LogP contribution in [0.25, 0.3) is 0 Å². The number of nitrogens with one attached hydrogen (secondary N) is 2. The van der Waals surface area contributed by atoms with E-state index in [0.717, 1.165) is 5.76 Å². The van der Waals surface area contributed by atoms with Crippen LogP contribution in [0.15, 0.2) is 41.0 Å². The summed E-state index contributed by atoms with van der Waals surface area (Å²) in [6, 6.07) is 7.31. The summed E-state index contributed by atoms with van der Waals surface area (Å²) in [6.45, 7) is 0.370. The highest BCUT2D eigenvalue weighted by molar-refractivity contribution is 6.31. The van der Waals surface area contributed by atoms with E-state index < -0.39 is 12.0 Å². The lowest BCUT2D eigenvalue weighted by molar-refractivity contribution is 0.0698. The molecule has 0 aliphatic heterocycles. The van der Waals surface area contributed by atoms with Gasteiger partial charge in [0.2, 0.25) is 0 Å². The van der Waals surface area contributed by atoms with Gasteiger partial charge >= 0.3 is 12.0 Å². The van der Waals surface area contributed by atoms with Gasteiger partial charge in [-0.2, -0.15) is 0 Å². The molecule has 0 saturated carbocycles. The Morgan fingerprint density at radius 2 is 2.10 bits per heavy atom. The molecule has 0 saturated heterocycles. The van der Waals surface area contributed by atoms with Crippen molar-refractivity contribution < 1.29 is 19.1 Å². The van der Waals surface area contributed by atoms with Gasteiger partial charge in [0.25, 0.3) is 0 Å². The van der Waals surface area contributed by atoms with Gasteiger partial charge in [0.1, 0.15) is 5.76 Å². The van der Waals surface area contributed by atoms with Crippen molar-refractivity contribution in [1.29, 1.82) is 0 Å². The highest BCUT2D eigenvalue weighted by Crippen LogP contribution is 2.20. The van der Waals surface area contributed by atoms with Crippen LogP contribution in [0.2, 0.25) is 5.02 Å². The monoisotopic (exact) mass is 308 g/mol. The lowest BCUT2D eigenvalue weighted by atomic mass is 10.2. The molecule has 2 amide bonds. The van der Waals surface area contributed by atoms with E-state index in [1.54, 1.807) is 18.4 Å². The van der Waals surface area contributed by atoms with E-state index in [0.29, 0.717) is 13.0 Å². The fraction of sp³-hybridized carbons (Fsp3) is 0.143. The Bertz CT molecular complexity index is 640. The summed E-state index contributed by atoms with van der Waals surface area (Å²) < 4.78 is 5.13. The van der Waals surface area contributed by atoms with Gasteiger partial charge in [-0.15, -0.1) is 0 Å². The van der Waals surface area contributed by atoms with Gasteiger partial charge in [-0.3, -0.25) is 0 Å². The molecule has 0 bridgehead atoms. The van der Waals surface area contributed by atoms with E-state index in [4.69, 9.17) is 21.1 Å². The Morgan fingerprint density at radius 1 is 1.29 bits per heavy atom. The van der Waals surface area contributed by atoms with Crippen LogP contribution in [0.1, 0.15) is 16.1 Å². The molecule has 0 atom stereocenters. The average molecular weight is 309 g/mol. The molecule has 2 rings (SSSR count). The molecule has 21 heavy (non-hydrogen) atoms. The first-order valence-electron chi connectivity index (χ1n) is 6.16. The largest absolute Gasteiger partial charge is 0.478 e. The summed E-state index contributed by atoms with van der Waals surface area (Å²) in [7, 11) is 0. The molecule has 6 nitrogen and oxygen atoms in total. The lowest BCUT2D eigenvalue weighted by Gasteiger charge is -2.09. The molecule has 110 valence electrons. The first-order chi connectivity index (χ1) is 10.1. The fourth-order valence-corrected chi connectivity index (χ4v) is 1.90. The summed E-state index contributed by atoms with van der Waals surface area (Å²) in [5.74, 6) is -0.406. The summed E-state index contributed by atoms with van der Waals surface area (Å²) in [4.78, 5) is 22.8. The van der Waals surface area contributed by atoms with Crippen molar-refractivity contribution >= 4 is 29.3 Å². The second-order valence-electron chi connectivity index (χ2n) is 4.21. The van der Waals surface area contributed by atoms with Gasteiger partial charge in [0, 0.05) is 18.0 Å². The molecule has 0 unspecified atom stereocenters. The summed E-state index contributed by atoms with van der Waals surface area (Å²) in [6.07, 6.45) is 2.11. The number of anilines is 1. The third-order valence-corrected chi connectivity index (χ3v) is 2.93. The topological polar surface area (TPSA) is 91.6 Å². The highest BCUT2D eigenvalue weighted by Gasteiger charge is 2.12. The number of urea groups is 1. The Morgan fingerprint density at radius 3 is 2.76 bits per heavy atom. The van der Waals surface area contributed by atoms with Gasteiger partial charge in [0.05, 0.1) is 17.5 Å². The van der Waals surface area contributed by atoms with Crippen molar-refractivity contribution in [2.24, 2.45) is 0 Å². The van der Waals surface area contributed by atoms with Crippen molar-refractivity contribution in [2.75, 3.05) is 11.9 Å². The number of rotatable bonds is 5. The smallest absolute Gasteiger partial charge is 0.337 e. The number of aromatic carboxylic acids is 1. The lowest BCUT2D eigenvalue weighted by Crippen LogP contribution is -2.31. The number of carboxylic acid groups (broad SMARTS) is 1. The number of hydrogen-bond acceptors (Lipinski definition) is 3. The number of hydrogen-bond donors (Lipinski definition) is 3. The highest BCUT2D eigenvalue weighted by atomic mass is 35.5. The number of carbonyl (C=O) groups excluding carboxylic acids is 1. The van der Waals surface area contributed by atoms with Crippen molar-refractivity contribution in [1.82, 2.24) is 5.32 Å². The second-order valence-corrected chi connectivity index (χ2v) is 4.64. The first kappa shape index (κ1) is 14.9. The molecule has 0 radical (unpaired) electrons. The summed E-state index contributed by atoms with van der Waals surface area (Å²) in [5.41, 5.74) is 0.117. The van der Waals surface area contributed by atoms with Crippen molar-refractivity contribution in [3.63, 3.8) is 0 Å². The molecule has 0 aliphatic carbocycles. The van der Waals surface area contributed by atoms with Crippen LogP contribution in [0.5, 0.6) is 0 Å². The maximum absolute atomic E-state index is 11.7. The van der Waals surface area contributed by atoms with E-state index >= 15 is 0 Å². The Balaban J connectivity index is 1.92. The molecule has 7 heteroatoms. The standard InChI is InChI=1S/C14H13ClN2O4/c15-9-3-4-12(11(8-9)13(18)19)17-14(20)16-6-5-10-2-1-7-21-10/h1-4,7-8H,5-6H2,(H,18,19)(H2,16,17,20). The maximum atomic E-state index is 11.7. The van der Waals surface area contributed by atoms with E-state index in [1.165, 1.54) is 18.2 Å². The van der Waals surface area contributed by atoms with Crippen LogP contribution < -0.4 is 10.6 Å². The molecular weight excluding hydrogens is 296 g/mol. The Labute approximate surface area is 125 Å². The van der Waals surface area contributed by atoms with E-state index in [9.17, 15) is 9.59 Å². The quantitative estimate of drug-likeness (QED) is 0.791. The molecule has 2 aromatic rings. The van der Waals surface area contributed by atoms with Crippen LogP contribution in [-0.4, -0.2) is 23.7 Å². The zero-order valence-corrected chi connectivity index (χ0v) is 11.7. The zero-order valence-electron chi connectivity index (χ0n) is 10.9. The SMILES string of the molecule is O=C(NCCc1ccco1)Nc1ccc(Cl)cc1C(=O)O. The molecule has 0 aliphatic rings. The van der Waals surface area contributed by atoms with Crippen molar-refractivity contribution in [3.8, 4) is 0 Å². The Kier molecular flexibility index (Phi) is 4.84. The minimum Gasteiger partial charge on any atom is -0.478 e. The number of carbonyl (C=O) groups is 2. The fourth-order valence-electron chi connectivity index (χ4n) is 1.72.